The Morgan fingerprint density at radius 2 is 1.60 bits per heavy atom. The molecular weight excluding hydrogens is 810 g/mol. The zero-order chi connectivity index (χ0) is 45.5. The number of halogens is 1. The highest BCUT2D eigenvalue weighted by atomic mass is 19.1. The van der Waals surface area contributed by atoms with Crippen LogP contribution in [0.2, 0.25) is 0 Å². The average Bonchev–Trinajstić information content (AvgIpc) is 3.26. The van der Waals surface area contributed by atoms with Crippen LogP contribution in [0.4, 0.5) is 4.39 Å². The molecule has 5 amide bonds. The number of fused-ring (bicyclic) bond motifs is 1. The molecule has 1 fully saturated rings. The van der Waals surface area contributed by atoms with Crippen LogP contribution in [0.5, 0.6) is 5.75 Å². The first-order chi connectivity index (χ1) is 30.2. The van der Waals surface area contributed by atoms with Crippen LogP contribution in [-0.4, -0.2) is 102 Å². The van der Waals surface area contributed by atoms with E-state index in [9.17, 15) is 38.3 Å². The van der Waals surface area contributed by atoms with Gasteiger partial charge in [-0.1, -0.05) is 55.0 Å². The second kappa shape index (κ2) is 22.7. The van der Waals surface area contributed by atoms with Crippen molar-refractivity contribution in [3.8, 4) is 5.75 Å². The van der Waals surface area contributed by atoms with Crippen molar-refractivity contribution in [1.29, 1.82) is 0 Å². The molecule has 4 aromatic rings. The number of carbonyl (C=O) groups excluding carboxylic acids is 6. The molecule has 63 heavy (non-hydrogen) atoms. The Balaban J connectivity index is 1.44. The van der Waals surface area contributed by atoms with Gasteiger partial charge in [0, 0.05) is 31.5 Å². The van der Waals surface area contributed by atoms with Gasteiger partial charge in [-0.05, 0) is 110 Å². The number of nitrogens with one attached hydrogen (secondary N) is 6. The average molecular weight is 868 g/mol. The molecule has 0 saturated carbocycles. The van der Waals surface area contributed by atoms with E-state index in [1.807, 2.05) is 43.3 Å². The minimum Gasteiger partial charge on any atom is -0.508 e. The summed E-state index contributed by atoms with van der Waals surface area (Å²) < 4.78 is 13.4. The topological polar surface area (TPSA) is 250 Å². The van der Waals surface area contributed by atoms with Crippen molar-refractivity contribution >= 4 is 46.6 Å². The molecule has 0 unspecified atom stereocenters. The molecule has 1 saturated heterocycles. The smallest absolute Gasteiger partial charge is 0.251 e. The predicted molar refractivity (Wildman–Crippen MR) is 236 cm³/mol. The molecule has 11 N–H and O–H groups in total. The lowest BCUT2D eigenvalue weighted by molar-refractivity contribution is -0.142. The zero-order valence-electron chi connectivity index (χ0n) is 35.6. The highest BCUT2D eigenvalue weighted by Gasteiger charge is 2.44. The number of benzene rings is 4. The fraction of sp³-hybridized carbons (Fsp3) is 0.391. The summed E-state index contributed by atoms with van der Waals surface area (Å²) in [5, 5.41) is 28.9. The summed E-state index contributed by atoms with van der Waals surface area (Å²) in [6.45, 7) is 3.65. The van der Waals surface area contributed by atoms with Gasteiger partial charge in [-0.2, -0.15) is 0 Å². The van der Waals surface area contributed by atoms with Gasteiger partial charge >= 0.3 is 0 Å². The first-order valence-corrected chi connectivity index (χ1v) is 21.1. The maximum atomic E-state index is 14.4. The summed E-state index contributed by atoms with van der Waals surface area (Å²) >= 11 is 0. The van der Waals surface area contributed by atoms with Gasteiger partial charge in [0.15, 0.2) is 11.9 Å². The lowest BCUT2D eigenvalue weighted by Crippen LogP contribution is -2.69. The molecule has 1 aliphatic rings. The van der Waals surface area contributed by atoms with Gasteiger partial charge in [-0.25, -0.2) is 4.39 Å². The number of hydrogen-bond donors (Lipinski definition) is 9. The largest absolute Gasteiger partial charge is 0.508 e. The quantitative estimate of drug-likeness (QED) is 0.0420. The Hall–Kier alpha value is -6.27. The molecule has 0 aromatic heterocycles. The van der Waals surface area contributed by atoms with Crippen molar-refractivity contribution in [1.82, 2.24) is 36.8 Å². The van der Waals surface area contributed by atoms with Crippen molar-refractivity contribution in [2.75, 3.05) is 26.2 Å². The number of nitrogens with two attached hydrogens (primary N) is 2. The van der Waals surface area contributed by atoms with E-state index in [2.05, 4.69) is 31.9 Å². The number of aldehydes is 1. The molecule has 0 bridgehead atoms. The lowest BCUT2D eigenvalue weighted by Gasteiger charge is -2.44. The van der Waals surface area contributed by atoms with E-state index in [0.29, 0.717) is 49.6 Å². The van der Waals surface area contributed by atoms with E-state index in [4.69, 9.17) is 11.5 Å². The third kappa shape index (κ3) is 13.6. The Labute approximate surface area is 366 Å². The second-order valence-corrected chi connectivity index (χ2v) is 15.9. The highest BCUT2D eigenvalue weighted by molar-refractivity contribution is 5.96. The van der Waals surface area contributed by atoms with E-state index in [-0.39, 0.29) is 44.0 Å². The molecule has 0 aliphatic carbocycles. The molecular formula is C46H58FN9O7. The molecule has 1 heterocycles. The van der Waals surface area contributed by atoms with Crippen molar-refractivity contribution in [3.05, 3.63) is 113 Å². The number of aromatic hydroxyl groups is 1. The highest BCUT2D eigenvalue weighted by Crippen LogP contribution is 2.25. The third-order valence-electron chi connectivity index (χ3n) is 11.1. The van der Waals surface area contributed by atoms with Gasteiger partial charge in [-0.3, -0.25) is 39.0 Å². The standard InChI is InChI=1S/C46H58FN9O7/c1-29-23-32(24-34-9-4-5-10-37(29)34)25-39-43(62)52-27-40(59)55-46(28-57,26-31-12-18-36(58)19-13-31)56(22-7-3-6-20-50-42(61)33-14-16-35(47)17-15-33)30(2)41(60)53-38(44(63)54-39)11-8-21-51-45(48)49/h4-5,9-10,12-19,23-24,28,30,38-39,45,51,58H,3,6-8,11,20-22,25-27,48-49H2,1-2H3,(H,50,61)(H,52,62)(H,53,60)(H,54,63)(H,55,59)/t30-,38+,39+,46-/m1/s1. The van der Waals surface area contributed by atoms with Crippen LogP contribution in [0.25, 0.3) is 10.8 Å². The van der Waals surface area contributed by atoms with Gasteiger partial charge in [0.1, 0.15) is 29.9 Å². The summed E-state index contributed by atoms with van der Waals surface area (Å²) in [6, 6.07) is 19.5. The number of phenols is 1. The van der Waals surface area contributed by atoms with Crippen molar-refractivity contribution in [2.24, 2.45) is 11.5 Å². The SMILES string of the molecule is Cc1cc(C[C@@H]2NC(=O)[C@H](CCCNC(N)N)NC(=O)[C@@H](C)N(CCCCCNC(=O)c3ccc(F)cc3)[C@@](C=O)(Cc3ccc(O)cc3)NC(=O)CNC2=O)cc2ccccc12. The van der Waals surface area contributed by atoms with Crippen LogP contribution in [-0.2, 0) is 36.8 Å². The van der Waals surface area contributed by atoms with Gasteiger partial charge in [-0.15, -0.1) is 0 Å². The molecule has 4 aromatic carbocycles. The van der Waals surface area contributed by atoms with E-state index >= 15 is 0 Å². The fourth-order valence-electron chi connectivity index (χ4n) is 7.78. The van der Waals surface area contributed by atoms with Crippen LogP contribution in [0.3, 0.4) is 0 Å². The van der Waals surface area contributed by atoms with Crippen LogP contribution in [0, 0.1) is 12.7 Å². The normalized spacial score (nSPS) is 20.3. The Morgan fingerprint density at radius 1 is 0.889 bits per heavy atom. The number of nitrogens with zero attached hydrogens (tertiary/aromatic N) is 1. The van der Waals surface area contributed by atoms with E-state index < -0.39 is 66.1 Å². The Morgan fingerprint density at radius 3 is 2.32 bits per heavy atom. The maximum Gasteiger partial charge on any atom is 0.251 e. The van der Waals surface area contributed by atoms with Crippen LogP contribution >= 0.6 is 0 Å². The number of amides is 5. The Kier molecular flexibility index (Phi) is 17.2. The van der Waals surface area contributed by atoms with Crippen molar-refractivity contribution < 1.29 is 38.3 Å². The van der Waals surface area contributed by atoms with E-state index in [0.717, 1.165) is 21.9 Å². The van der Waals surface area contributed by atoms with Crippen molar-refractivity contribution in [2.45, 2.75) is 88.9 Å². The number of unbranched alkanes of at least 4 members (excludes halogenated alkanes) is 2. The maximum absolute atomic E-state index is 14.4. The van der Waals surface area contributed by atoms with Crippen molar-refractivity contribution in [3.63, 3.8) is 0 Å². The molecule has 5 rings (SSSR count). The monoisotopic (exact) mass is 867 g/mol. The first-order valence-electron chi connectivity index (χ1n) is 21.1. The van der Waals surface area contributed by atoms with Gasteiger partial charge < -0.3 is 43.2 Å². The summed E-state index contributed by atoms with van der Waals surface area (Å²) in [6.07, 6.45) is 1.57. The van der Waals surface area contributed by atoms with Crippen LogP contribution in [0.15, 0.2) is 84.9 Å². The zero-order valence-corrected chi connectivity index (χ0v) is 35.6. The van der Waals surface area contributed by atoms with Crippen LogP contribution in [0.1, 0.15) is 66.1 Å². The summed E-state index contributed by atoms with van der Waals surface area (Å²) in [5.74, 6) is -3.49. The molecule has 4 atom stereocenters. The summed E-state index contributed by atoms with van der Waals surface area (Å²) in [4.78, 5) is 84.3. The fourth-order valence-corrected chi connectivity index (χ4v) is 7.78. The third-order valence-corrected chi connectivity index (χ3v) is 11.1. The summed E-state index contributed by atoms with van der Waals surface area (Å²) in [7, 11) is 0. The predicted octanol–water partition coefficient (Wildman–Crippen LogP) is 1.75. The number of carbonyl (C=O) groups is 6. The number of hydrogen-bond acceptors (Lipinski definition) is 11. The van der Waals surface area contributed by atoms with E-state index in [1.54, 1.807) is 24.0 Å². The summed E-state index contributed by atoms with van der Waals surface area (Å²) in [5.41, 5.74) is 12.1. The van der Waals surface area contributed by atoms with Gasteiger partial charge in [0.25, 0.3) is 5.91 Å². The molecule has 336 valence electrons. The molecule has 16 nitrogen and oxygen atoms in total. The molecule has 0 spiro atoms. The number of aryl methyl sites for hydroxylation is 1. The molecule has 0 radical (unpaired) electrons. The van der Waals surface area contributed by atoms with E-state index in [1.165, 1.54) is 36.4 Å². The second-order valence-electron chi connectivity index (χ2n) is 15.9. The number of phenolic OH excluding ortho intramolecular Hbond substituents is 1. The lowest BCUT2D eigenvalue weighted by atomic mass is 9.95. The van der Waals surface area contributed by atoms with Gasteiger partial charge in [0.2, 0.25) is 23.6 Å². The van der Waals surface area contributed by atoms with Gasteiger partial charge in [0.05, 0.1) is 12.6 Å². The molecule has 17 heteroatoms. The minimum absolute atomic E-state index is 0.0193. The molecule has 1 aliphatic heterocycles. The minimum atomic E-state index is -1.86. The first kappa shape index (κ1) is 47.8. The Bertz CT molecular complexity index is 2220. The number of rotatable bonds is 17. The van der Waals surface area contributed by atoms with Crippen LogP contribution < -0.4 is 43.4 Å².